The Bertz CT molecular complexity index is 639. The van der Waals surface area contributed by atoms with Gasteiger partial charge in [-0.15, -0.1) is 0 Å². The van der Waals surface area contributed by atoms with Gasteiger partial charge in [0.1, 0.15) is 16.7 Å². The van der Waals surface area contributed by atoms with Crippen LogP contribution in [0.25, 0.3) is 0 Å². The number of ether oxygens (including phenoxy) is 1. The van der Waals surface area contributed by atoms with Gasteiger partial charge >= 0.3 is 0 Å². The first-order valence-corrected chi connectivity index (χ1v) is 8.59. The molecule has 110 valence electrons. The highest BCUT2D eigenvalue weighted by Crippen LogP contribution is 2.25. The molecule has 21 heavy (non-hydrogen) atoms. The minimum absolute atomic E-state index is 0.141. The SMILES string of the molecule is Cc1cc(NC(=O)c2cccnc2OC2CCSC2)sn1. The highest BCUT2D eigenvalue weighted by atomic mass is 32.2. The van der Waals surface area contributed by atoms with E-state index in [1.807, 2.05) is 24.8 Å². The van der Waals surface area contributed by atoms with Gasteiger partial charge in [0, 0.05) is 11.9 Å². The van der Waals surface area contributed by atoms with Gasteiger partial charge in [-0.25, -0.2) is 4.98 Å². The number of thioether (sulfide) groups is 1. The zero-order valence-corrected chi connectivity index (χ0v) is 13.2. The summed E-state index contributed by atoms with van der Waals surface area (Å²) in [7, 11) is 0. The third-order valence-electron chi connectivity index (χ3n) is 3.05. The molecule has 0 bridgehead atoms. The third kappa shape index (κ3) is 3.54. The molecule has 1 N–H and O–H groups in total. The van der Waals surface area contributed by atoms with Crippen LogP contribution in [0.3, 0.4) is 0 Å². The average molecular weight is 321 g/mol. The molecule has 0 saturated carbocycles. The number of nitrogens with one attached hydrogen (secondary N) is 1. The lowest BCUT2D eigenvalue weighted by Crippen LogP contribution is -2.19. The monoisotopic (exact) mass is 321 g/mol. The van der Waals surface area contributed by atoms with E-state index in [1.165, 1.54) is 11.5 Å². The van der Waals surface area contributed by atoms with Crippen LogP contribution in [-0.2, 0) is 0 Å². The number of anilines is 1. The molecule has 0 aliphatic carbocycles. The van der Waals surface area contributed by atoms with Crippen molar-refractivity contribution in [2.45, 2.75) is 19.4 Å². The smallest absolute Gasteiger partial charge is 0.261 e. The van der Waals surface area contributed by atoms with Crippen LogP contribution in [0.5, 0.6) is 5.88 Å². The molecule has 0 aromatic carbocycles. The van der Waals surface area contributed by atoms with Crippen LogP contribution in [0, 0.1) is 6.92 Å². The van der Waals surface area contributed by atoms with Gasteiger partial charge in [0.05, 0.1) is 5.69 Å². The lowest BCUT2D eigenvalue weighted by Gasteiger charge is -2.14. The zero-order chi connectivity index (χ0) is 14.7. The summed E-state index contributed by atoms with van der Waals surface area (Å²) in [6.45, 7) is 1.89. The van der Waals surface area contributed by atoms with Crippen LogP contribution in [0.15, 0.2) is 24.4 Å². The van der Waals surface area contributed by atoms with Gasteiger partial charge in [0.2, 0.25) is 5.88 Å². The van der Waals surface area contributed by atoms with Crippen molar-refractivity contribution in [3.05, 3.63) is 35.7 Å². The lowest BCUT2D eigenvalue weighted by atomic mass is 10.2. The van der Waals surface area contributed by atoms with E-state index in [1.54, 1.807) is 18.3 Å². The highest BCUT2D eigenvalue weighted by Gasteiger charge is 2.21. The van der Waals surface area contributed by atoms with Crippen molar-refractivity contribution in [3.8, 4) is 5.88 Å². The van der Waals surface area contributed by atoms with Crippen molar-refractivity contribution < 1.29 is 9.53 Å². The van der Waals surface area contributed by atoms with Gasteiger partial charge in [-0.3, -0.25) is 4.79 Å². The Morgan fingerprint density at radius 3 is 3.14 bits per heavy atom. The van der Waals surface area contributed by atoms with Crippen molar-refractivity contribution >= 4 is 34.2 Å². The zero-order valence-electron chi connectivity index (χ0n) is 11.5. The molecule has 0 spiro atoms. The van der Waals surface area contributed by atoms with Crippen molar-refractivity contribution in [1.82, 2.24) is 9.36 Å². The number of amides is 1. The van der Waals surface area contributed by atoms with Gasteiger partial charge in [-0.1, -0.05) is 0 Å². The maximum atomic E-state index is 12.4. The molecule has 5 nitrogen and oxygen atoms in total. The van der Waals surface area contributed by atoms with Gasteiger partial charge in [-0.2, -0.15) is 16.1 Å². The number of carbonyl (C=O) groups is 1. The standard InChI is InChI=1S/C14H15N3O2S2/c1-9-7-12(21-17-9)16-13(18)11-3-2-5-15-14(11)19-10-4-6-20-8-10/h2-3,5,7,10H,4,6,8H2,1H3,(H,16,18). The molecule has 1 aliphatic rings. The Labute approximate surface area is 131 Å². The van der Waals surface area contributed by atoms with E-state index in [4.69, 9.17) is 4.74 Å². The first-order valence-electron chi connectivity index (χ1n) is 6.66. The predicted octanol–water partition coefficient (Wildman–Crippen LogP) is 2.98. The number of hydrogen-bond donors (Lipinski definition) is 1. The number of rotatable bonds is 4. The molecule has 1 fully saturated rings. The predicted molar refractivity (Wildman–Crippen MR) is 85.4 cm³/mol. The normalized spacial score (nSPS) is 17.7. The Kier molecular flexibility index (Phi) is 4.40. The van der Waals surface area contributed by atoms with Crippen molar-refractivity contribution in [2.24, 2.45) is 0 Å². The van der Waals surface area contributed by atoms with Crippen LogP contribution >= 0.6 is 23.3 Å². The summed E-state index contributed by atoms with van der Waals surface area (Å²) in [5.41, 5.74) is 1.35. The van der Waals surface area contributed by atoms with Crippen LogP contribution in [0.2, 0.25) is 0 Å². The molecule has 1 unspecified atom stereocenters. The van der Waals surface area contributed by atoms with Gasteiger partial charge in [0.25, 0.3) is 5.91 Å². The Morgan fingerprint density at radius 2 is 2.43 bits per heavy atom. The van der Waals surface area contributed by atoms with E-state index in [0.29, 0.717) is 11.4 Å². The number of pyridine rings is 1. The summed E-state index contributed by atoms with van der Waals surface area (Å²) in [6, 6.07) is 5.31. The van der Waals surface area contributed by atoms with E-state index >= 15 is 0 Å². The molecule has 1 aliphatic heterocycles. The highest BCUT2D eigenvalue weighted by molar-refractivity contribution is 7.99. The number of aryl methyl sites for hydroxylation is 1. The molecule has 1 saturated heterocycles. The molecule has 2 aromatic heterocycles. The van der Waals surface area contributed by atoms with E-state index in [-0.39, 0.29) is 12.0 Å². The molecule has 1 amide bonds. The summed E-state index contributed by atoms with van der Waals surface area (Å²) in [6.07, 6.45) is 2.78. The van der Waals surface area contributed by atoms with Gasteiger partial charge < -0.3 is 10.1 Å². The molecule has 2 aromatic rings. The lowest BCUT2D eigenvalue weighted by molar-refractivity contribution is 0.101. The van der Waals surface area contributed by atoms with Crippen molar-refractivity contribution in [1.29, 1.82) is 0 Å². The second-order valence-electron chi connectivity index (χ2n) is 4.75. The largest absolute Gasteiger partial charge is 0.473 e. The summed E-state index contributed by atoms with van der Waals surface area (Å²) >= 11 is 3.13. The molecule has 7 heteroatoms. The maximum Gasteiger partial charge on any atom is 0.261 e. The van der Waals surface area contributed by atoms with E-state index in [2.05, 4.69) is 14.7 Å². The van der Waals surface area contributed by atoms with Crippen LogP contribution in [0.4, 0.5) is 5.00 Å². The molecular weight excluding hydrogens is 306 g/mol. The molecular formula is C14H15N3O2S2. The topological polar surface area (TPSA) is 64.1 Å². The van der Waals surface area contributed by atoms with E-state index in [0.717, 1.165) is 28.6 Å². The minimum atomic E-state index is -0.215. The number of aromatic nitrogens is 2. The third-order valence-corrected chi connectivity index (χ3v) is 4.97. The molecule has 1 atom stereocenters. The Morgan fingerprint density at radius 1 is 1.52 bits per heavy atom. The minimum Gasteiger partial charge on any atom is -0.473 e. The summed E-state index contributed by atoms with van der Waals surface area (Å²) in [5.74, 6) is 2.24. The second kappa shape index (κ2) is 6.44. The fraction of sp³-hybridized carbons (Fsp3) is 0.357. The van der Waals surface area contributed by atoms with Crippen LogP contribution < -0.4 is 10.1 Å². The van der Waals surface area contributed by atoms with Crippen molar-refractivity contribution in [2.75, 3.05) is 16.8 Å². The van der Waals surface area contributed by atoms with Gasteiger partial charge in [-0.05, 0) is 48.8 Å². The van der Waals surface area contributed by atoms with Crippen molar-refractivity contribution in [3.63, 3.8) is 0 Å². The number of carbonyl (C=O) groups excluding carboxylic acids is 1. The Balaban J connectivity index is 1.75. The Hall–Kier alpha value is -1.60. The fourth-order valence-corrected chi connectivity index (χ4v) is 3.77. The first-order chi connectivity index (χ1) is 10.2. The molecule has 0 radical (unpaired) electrons. The second-order valence-corrected chi connectivity index (χ2v) is 6.70. The molecule has 3 rings (SSSR count). The van der Waals surface area contributed by atoms with E-state index < -0.39 is 0 Å². The quantitative estimate of drug-likeness (QED) is 0.938. The summed E-state index contributed by atoms with van der Waals surface area (Å²) in [5, 5.41) is 3.56. The summed E-state index contributed by atoms with van der Waals surface area (Å²) < 4.78 is 10.0. The average Bonchev–Trinajstić information content (AvgIpc) is 3.11. The fourth-order valence-electron chi connectivity index (χ4n) is 2.02. The maximum absolute atomic E-state index is 12.4. The first kappa shape index (κ1) is 14.3. The molecule has 3 heterocycles. The van der Waals surface area contributed by atoms with E-state index in [9.17, 15) is 4.79 Å². The number of hydrogen-bond acceptors (Lipinski definition) is 6. The van der Waals surface area contributed by atoms with Gasteiger partial charge in [0.15, 0.2) is 0 Å². The van der Waals surface area contributed by atoms with Crippen LogP contribution in [-0.4, -0.2) is 32.9 Å². The van der Waals surface area contributed by atoms with Crippen LogP contribution in [0.1, 0.15) is 22.5 Å². The summed E-state index contributed by atoms with van der Waals surface area (Å²) in [4.78, 5) is 16.6. The number of nitrogens with zero attached hydrogens (tertiary/aromatic N) is 2.